The molecule has 0 aromatic heterocycles. The highest BCUT2D eigenvalue weighted by molar-refractivity contribution is 5.44. The Balaban J connectivity index is 1.34. The molecule has 3 aliphatic heterocycles. The predicted octanol–water partition coefficient (Wildman–Crippen LogP) is -1.94. The van der Waals surface area contributed by atoms with Crippen LogP contribution in [0.3, 0.4) is 0 Å². The van der Waals surface area contributed by atoms with Gasteiger partial charge in [-0.05, 0) is 35.4 Å². The van der Waals surface area contributed by atoms with Crippen molar-refractivity contribution in [2.24, 2.45) is 5.92 Å². The molecule has 3 fully saturated rings. The number of aliphatic hydroxyl groups excluding tert-OH is 5. The van der Waals surface area contributed by atoms with Crippen molar-refractivity contribution in [1.29, 1.82) is 0 Å². The van der Waals surface area contributed by atoms with Crippen molar-refractivity contribution in [2.45, 2.75) is 66.8 Å². The number of aliphatic hydroxyl groups is 7. The first-order valence-electron chi connectivity index (χ1n) is 15.0. The summed E-state index contributed by atoms with van der Waals surface area (Å²) in [6, 6.07) is 9.20. The van der Waals surface area contributed by atoms with Crippen LogP contribution >= 0.6 is 0 Å². The first-order chi connectivity index (χ1) is 22.3. The Morgan fingerprint density at radius 2 is 1.40 bits per heavy atom. The Hall–Kier alpha value is -2.84. The molecule has 2 aromatic carbocycles. The highest BCUT2D eigenvalue weighted by Crippen LogP contribution is 2.45. The molecule has 0 unspecified atom stereocenters. The number of aromatic hydroxyl groups is 2. The molecule has 0 amide bonds. The molecule has 11 atom stereocenters. The second-order valence-corrected chi connectivity index (χ2v) is 12.1. The van der Waals surface area contributed by atoms with Gasteiger partial charge in [0.05, 0.1) is 59.0 Å². The maximum absolute atomic E-state index is 12.0. The van der Waals surface area contributed by atoms with Gasteiger partial charge >= 0.3 is 0 Å². The zero-order valence-electron chi connectivity index (χ0n) is 25.8. The van der Waals surface area contributed by atoms with E-state index >= 15 is 0 Å². The molecule has 3 heterocycles. The number of hydrogen-bond donors (Lipinski definition) is 9. The molecule has 0 saturated carbocycles. The molecule has 16 nitrogen and oxygen atoms in total. The number of benzene rings is 2. The van der Waals surface area contributed by atoms with Crippen molar-refractivity contribution in [3.63, 3.8) is 0 Å². The van der Waals surface area contributed by atoms with Crippen LogP contribution in [0.15, 0.2) is 36.4 Å². The summed E-state index contributed by atoms with van der Waals surface area (Å²) in [6.45, 7) is -2.12. The predicted molar refractivity (Wildman–Crippen MR) is 157 cm³/mol. The smallest absolute Gasteiger partial charge is 0.186 e. The quantitative estimate of drug-likeness (QED) is 0.119. The summed E-state index contributed by atoms with van der Waals surface area (Å²) in [6.07, 6.45) is -11.7. The topological polar surface area (TPSA) is 247 Å². The van der Waals surface area contributed by atoms with Crippen LogP contribution in [0.2, 0.25) is 0 Å². The van der Waals surface area contributed by atoms with E-state index in [0.29, 0.717) is 11.1 Å². The minimum absolute atomic E-state index is 0.0270. The normalized spacial score (nSPS) is 37.3. The SMILES string of the molecule is COc1cc(C[C@@]2(O)CO[C@H](c3ccc(O)c(OC)c3)[C@H]2CO[C@H]2O[C@H](CO[C@@H]3OC[C@](O)(CO)[C@H]3O)[C@@H](O)[C@H](O)[C@H]2O)ccc1O. The van der Waals surface area contributed by atoms with Crippen molar-refractivity contribution >= 4 is 0 Å². The number of hydrogen-bond acceptors (Lipinski definition) is 16. The molecule has 262 valence electrons. The highest BCUT2D eigenvalue weighted by Gasteiger charge is 2.52. The largest absolute Gasteiger partial charge is 0.504 e. The summed E-state index contributed by atoms with van der Waals surface area (Å²) in [7, 11) is 2.78. The fraction of sp³-hybridized carbons (Fsp3) is 0.613. The van der Waals surface area contributed by atoms with Crippen LogP contribution in [-0.4, -0.2) is 148 Å². The number of ether oxygens (including phenoxy) is 7. The second-order valence-electron chi connectivity index (χ2n) is 12.1. The van der Waals surface area contributed by atoms with Crippen LogP contribution in [0.4, 0.5) is 0 Å². The first kappa shape index (κ1) is 35.5. The van der Waals surface area contributed by atoms with Gasteiger partial charge in [0, 0.05) is 12.3 Å². The summed E-state index contributed by atoms with van der Waals surface area (Å²) in [5.74, 6) is -0.660. The van der Waals surface area contributed by atoms with Gasteiger partial charge in [-0.15, -0.1) is 0 Å². The average Bonchev–Trinajstić information content (AvgIpc) is 3.54. The third-order valence-corrected chi connectivity index (χ3v) is 8.97. The van der Waals surface area contributed by atoms with E-state index in [-0.39, 0.29) is 42.6 Å². The van der Waals surface area contributed by atoms with Crippen LogP contribution < -0.4 is 9.47 Å². The molecule has 0 aliphatic carbocycles. The Bertz CT molecular complexity index is 1360. The minimum Gasteiger partial charge on any atom is -0.504 e. The van der Waals surface area contributed by atoms with Crippen LogP contribution in [0.25, 0.3) is 0 Å². The maximum atomic E-state index is 12.0. The van der Waals surface area contributed by atoms with E-state index in [0.717, 1.165) is 0 Å². The summed E-state index contributed by atoms with van der Waals surface area (Å²) >= 11 is 0. The van der Waals surface area contributed by atoms with Crippen molar-refractivity contribution in [3.8, 4) is 23.0 Å². The molecule has 9 N–H and O–H groups in total. The Labute approximate surface area is 269 Å². The van der Waals surface area contributed by atoms with Gasteiger partial charge in [0.1, 0.15) is 36.1 Å². The van der Waals surface area contributed by atoms with Gasteiger partial charge in [-0.3, -0.25) is 0 Å². The van der Waals surface area contributed by atoms with Gasteiger partial charge in [0.25, 0.3) is 0 Å². The third-order valence-electron chi connectivity index (χ3n) is 8.97. The van der Waals surface area contributed by atoms with Gasteiger partial charge in [-0.1, -0.05) is 12.1 Å². The third kappa shape index (κ3) is 7.15. The lowest BCUT2D eigenvalue weighted by Crippen LogP contribution is -2.60. The molecule has 0 radical (unpaired) electrons. The lowest BCUT2D eigenvalue weighted by Gasteiger charge is -2.41. The second kappa shape index (κ2) is 14.3. The van der Waals surface area contributed by atoms with Crippen LogP contribution in [0.5, 0.6) is 23.0 Å². The Morgan fingerprint density at radius 3 is 2.06 bits per heavy atom. The van der Waals surface area contributed by atoms with Crippen LogP contribution in [-0.2, 0) is 30.1 Å². The molecule has 5 rings (SSSR count). The average molecular weight is 671 g/mol. The van der Waals surface area contributed by atoms with E-state index in [1.807, 2.05) is 0 Å². The number of rotatable bonds is 12. The van der Waals surface area contributed by atoms with Crippen LogP contribution in [0.1, 0.15) is 17.2 Å². The van der Waals surface area contributed by atoms with Gasteiger partial charge in [0.15, 0.2) is 35.6 Å². The van der Waals surface area contributed by atoms with Crippen molar-refractivity contribution in [3.05, 3.63) is 47.5 Å². The van der Waals surface area contributed by atoms with E-state index < -0.39 is 86.1 Å². The van der Waals surface area contributed by atoms with Gasteiger partial charge in [0.2, 0.25) is 0 Å². The fourth-order valence-electron chi connectivity index (χ4n) is 6.06. The lowest BCUT2D eigenvalue weighted by molar-refractivity contribution is -0.313. The Morgan fingerprint density at radius 1 is 0.766 bits per heavy atom. The zero-order valence-corrected chi connectivity index (χ0v) is 25.8. The lowest BCUT2D eigenvalue weighted by atomic mass is 9.80. The number of phenolic OH excluding ortho intramolecular Hbond substituents is 2. The minimum atomic E-state index is -1.94. The molecule has 0 spiro atoms. The number of methoxy groups -OCH3 is 2. The van der Waals surface area contributed by atoms with E-state index in [1.54, 1.807) is 24.3 Å². The molecule has 2 aromatic rings. The monoisotopic (exact) mass is 670 g/mol. The fourth-order valence-corrected chi connectivity index (χ4v) is 6.06. The molecule has 3 saturated heterocycles. The van der Waals surface area contributed by atoms with Crippen LogP contribution in [0, 0.1) is 5.92 Å². The molecule has 16 heteroatoms. The molecule has 3 aliphatic rings. The highest BCUT2D eigenvalue weighted by atomic mass is 16.7. The van der Waals surface area contributed by atoms with Crippen molar-refractivity contribution < 1.29 is 79.1 Å². The molecule has 47 heavy (non-hydrogen) atoms. The van der Waals surface area contributed by atoms with Gasteiger partial charge < -0.3 is 79.1 Å². The van der Waals surface area contributed by atoms with Gasteiger partial charge in [-0.25, -0.2) is 0 Å². The number of phenols is 2. The summed E-state index contributed by atoms with van der Waals surface area (Å²) in [5, 5.41) is 94.0. The summed E-state index contributed by atoms with van der Waals surface area (Å²) in [4.78, 5) is 0. The summed E-state index contributed by atoms with van der Waals surface area (Å²) in [5.41, 5.74) is -2.38. The first-order valence-corrected chi connectivity index (χ1v) is 15.0. The van der Waals surface area contributed by atoms with Crippen molar-refractivity contribution in [2.75, 3.05) is 47.3 Å². The molecular weight excluding hydrogens is 628 g/mol. The van der Waals surface area contributed by atoms with Crippen molar-refractivity contribution in [1.82, 2.24) is 0 Å². The Kier molecular flexibility index (Phi) is 10.8. The standard InChI is InChI=1S/C31H42O16/c1-41-20-7-15(3-5-18(20)33)9-30(39)13-45-26(16-4-6-19(34)21(8-16)42-2)17(30)10-43-28-25(37)24(36)23(35)22(47-28)11-44-29-27(38)31(40,12-32)14-46-29/h3-8,17,22-29,32-40H,9-14H2,1-2H3/t17-,22-,23-,24+,25-,26-,27+,28+,29-,30-,31-/m1/s1. The van der Waals surface area contributed by atoms with Gasteiger partial charge in [-0.2, -0.15) is 0 Å². The molecule has 0 bridgehead atoms. The molecular formula is C31H42O16. The maximum Gasteiger partial charge on any atom is 0.186 e. The van der Waals surface area contributed by atoms with E-state index in [1.165, 1.54) is 26.4 Å². The zero-order chi connectivity index (χ0) is 34.1. The van der Waals surface area contributed by atoms with E-state index in [4.69, 9.17) is 33.2 Å². The van der Waals surface area contributed by atoms with E-state index in [2.05, 4.69) is 0 Å². The summed E-state index contributed by atoms with van der Waals surface area (Å²) < 4.78 is 38.9. The van der Waals surface area contributed by atoms with E-state index in [9.17, 15) is 46.0 Å².